The molecular formula is C6H9F3N2. The molecule has 2 nitrogen and oxygen atoms in total. The fraction of sp³-hybridized carbons (Fsp3) is 0.500. The minimum atomic E-state index is -4.54. The third-order valence-electron chi connectivity index (χ3n) is 0.845. The van der Waals surface area contributed by atoms with Gasteiger partial charge in [0.1, 0.15) is 5.71 Å². The standard InChI is InChI=1S/C6H9F3N2/c1-11(2)4-3-5(10)6(7,8)9/h3-4,10H,1-2H3/b4-3-,10-5?. The van der Waals surface area contributed by atoms with Crippen molar-refractivity contribution in [2.75, 3.05) is 14.1 Å². The molecule has 0 fully saturated rings. The van der Waals surface area contributed by atoms with Gasteiger partial charge in [-0.2, -0.15) is 13.2 Å². The number of hydrogen-bond acceptors (Lipinski definition) is 2. The van der Waals surface area contributed by atoms with Crippen LogP contribution in [0.5, 0.6) is 0 Å². The summed E-state index contributed by atoms with van der Waals surface area (Å²) in [7, 11) is 3.17. The van der Waals surface area contributed by atoms with Crippen LogP contribution in [0, 0.1) is 5.41 Å². The highest BCUT2D eigenvalue weighted by molar-refractivity contribution is 5.96. The second-order valence-electron chi connectivity index (χ2n) is 2.19. The lowest BCUT2D eigenvalue weighted by Crippen LogP contribution is -2.20. The van der Waals surface area contributed by atoms with E-state index in [1.54, 1.807) is 14.1 Å². The van der Waals surface area contributed by atoms with Crippen LogP contribution in [0.2, 0.25) is 0 Å². The molecule has 0 heterocycles. The second-order valence-corrected chi connectivity index (χ2v) is 2.19. The van der Waals surface area contributed by atoms with Crippen LogP contribution in [0.15, 0.2) is 12.3 Å². The van der Waals surface area contributed by atoms with Crippen molar-refractivity contribution in [2.45, 2.75) is 6.18 Å². The number of nitrogens with zero attached hydrogens (tertiary/aromatic N) is 1. The summed E-state index contributed by atoms with van der Waals surface area (Å²) < 4.78 is 34.8. The summed E-state index contributed by atoms with van der Waals surface area (Å²) in [4.78, 5) is 1.43. The van der Waals surface area contributed by atoms with E-state index in [2.05, 4.69) is 0 Å². The van der Waals surface area contributed by atoms with Gasteiger partial charge in [0, 0.05) is 20.3 Å². The summed E-state index contributed by atoms with van der Waals surface area (Å²) in [6.45, 7) is 0. The Bertz CT molecular complexity index is 169. The first kappa shape index (κ1) is 10.0. The molecule has 0 aliphatic rings. The van der Waals surface area contributed by atoms with E-state index < -0.39 is 11.9 Å². The van der Waals surface area contributed by atoms with Crippen LogP contribution in [-0.4, -0.2) is 30.9 Å². The number of hydrogen-bond donors (Lipinski definition) is 1. The van der Waals surface area contributed by atoms with Crippen molar-refractivity contribution in [2.24, 2.45) is 0 Å². The monoisotopic (exact) mass is 166 g/mol. The van der Waals surface area contributed by atoms with E-state index in [0.29, 0.717) is 6.08 Å². The fourth-order valence-corrected chi connectivity index (χ4v) is 0.318. The Morgan fingerprint density at radius 2 is 1.82 bits per heavy atom. The Morgan fingerprint density at radius 1 is 1.36 bits per heavy atom. The molecule has 0 saturated heterocycles. The largest absolute Gasteiger partial charge is 0.432 e. The molecule has 0 spiro atoms. The lowest BCUT2D eigenvalue weighted by atomic mass is 10.3. The molecule has 0 aromatic heterocycles. The molecule has 64 valence electrons. The van der Waals surface area contributed by atoms with Crippen molar-refractivity contribution < 1.29 is 13.2 Å². The highest BCUT2D eigenvalue weighted by Crippen LogP contribution is 2.16. The van der Waals surface area contributed by atoms with Gasteiger partial charge in [0.2, 0.25) is 0 Å². The molecule has 0 aliphatic heterocycles. The van der Waals surface area contributed by atoms with E-state index in [0.717, 1.165) is 0 Å². The van der Waals surface area contributed by atoms with Crippen LogP contribution in [0.3, 0.4) is 0 Å². The quantitative estimate of drug-likeness (QED) is 0.620. The fourth-order valence-electron chi connectivity index (χ4n) is 0.318. The van der Waals surface area contributed by atoms with Crippen molar-refractivity contribution in [1.82, 2.24) is 4.90 Å². The van der Waals surface area contributed by atoms with Gasteiger partial charge in [-0.3, -0.25) is 5.41 Å². The number of nitrogens with one attached hydrogen (secondary N) is 1. The molecular weight excluding hydrogens is 157 g/mol. The predicted molar refractivity (Wildman–Crippen MR) is 36.6 cm³/mol. The summed E-state index contributed by atoms with van der Waals surface area (Å²) in [5.41, 5.74) is -1.34. The maximum Gasteiger partial charge on any atom is 0.432 e. The molecule has 1 N–H and O–H groups in total. The van der Waals surface area contributed by atoms with Gasteiger partial charge in [-0.05, 0) is 6.08 Å². The van der Waals surface area contributed by atoms with E-state index in [4.69, 9.17) is 5.41 Å². The van der Waals surface area contributed by atoms with E-state index in [9.17, 15) is 13.2 Å². The number of rotatable bonds is 2. The molecule has 0 radical (unpaired) electrons. The predicted octanol–water partition coefficient (Wildman–Crippen LogP) is 1.64. The van der Waals surface area contributed by atoms with Gasteiger partial charge < -0.3 is 4.90 Å². The van der Waals surface area contributed by atoms with Gasteiger partial charge in [-0.1, -0.05) is 0 Å². The van der Waals surface area contributed by atoms with E-state index >= 15 is 0 Å². The van der Waals surface area contributed by atoms with Crippen LogP contribution >= 0.6 is 0 Å². The smallest absolute Gasteiger partial charge is 0.383 e. The first-order valence-corrected chi connectivity index (χ1v) is 2.84. The van der Waals surface area contributed by atoms with Crippen LogP contribution in [0.1, 0.15) is 0 Å². The molecule has 0 saturated carbocycles. The van der Waals surface area contributed by atoms with Gasteiger partial charge in [-0.25, -0.2) is 0 Å². The molecule has 0 bridgehead atoms. The van der Waals surface area contributed by atoms with E-state index in [1.807, 2.05) is 0 Å². The summed E-state index contributed by atoms with van der Waals surface area (Å²) in [6, 6.07) is 0. The SMILES string of the molecule is CN(C)/C=C\C(=N)C(F)(F)F. The van der Waals surface area contributed by atoms with Gasteiger partial charge in [0.25, 0.3) is 0 Å². The highest BCUT2D eigenvalue weighted by atomic mass is 19.4. The van der Waals surface area contributed by atoms with Crippen molar-refractivity contribution in [3.8, 4) is 0 Å². The Balaban J connectivity index is 4.09. The van der Waals surface area contributed by atoms with Gasteiger partial charge in [0.15, 0.2) is 0 Å². The van der Waals surface area contributed by atoms with Crippen LogP contribution in [-0.2, 0) is 0 Å². The summed E-state index contributed by atoms with van der Waals surface area (Å²) >= 11 is 0. The molecule has 0 amide bonds. The van der Waals surface area contributed by atoms with Crippen molar-refractivity contribution in [1.29, 1.82) is 5.41 Å². The molecule has 0 aliphatic carbocycles. The minimum Gasteiger partial charge on any atom is -0.383 e. The number of alkyl halides is 3. The molecule has 0 atom stereocenters. The second kappa shape index (κ2) is 3.41. The zero-order valence-electron chi connectivity index (χ0n) is 6.24. The Kier molecular flexibility index (Phi) is 3.10. The van der Waals surface area contributed by atoms with E-state index in [1.165, 1.54) is 11.1 Å². The zero-order chi connectivity index (χ0) is 9.07. The maximum atomic E-state index is 11.6. The first-order chi connectivity index (χ1) is 4.84. The summed E-state index contributed by atoms with van der Waals surface area (Å²) in [6.07, 6.45) is -2.65. The number of halogens is 3. The van der Waals surface area contributed by atoms with Crippen LogP contribution < -0.4 is 0 Å². The van der Waals surface area contributed by atoms with Gasteiger partial charge in [0.05, 0.1) is 0 Å². The topological polar surface area (TPSA) is 27.1 Å². The maximum absolute atomic E-state index is 11.6. The van der Waals surface area contributed by atoms with Crippen molar-refractivity contribution in [3.05, 3.63) is 12.3 Å². The molecule has 11 heavy (non-hydrogen) atoms. The molecule has 0 aromatic rings. The van der Waals surface area contributed by atoms with Gasteiger partial charge in [-0.15, -0.1) is 0 Å². The molecule has 5 heteroatoms. The normalized spacial score (nSPS) is 12.1. The Morgan fingerprint density at radius 3 is 2.09 bits per heavy atom. The lowest BCUT2D eigenvalue weighted by Gasteiger charge is -2.05. The third kappa shape index (κ3) is 4.41. The zero-order valence-corrected chi connectivity index (χ0v) is 6.24. The van der Waals surface area contributed by atoms with Crippen molar-refractivity contribution in [3.63, 3.8) is 0 Å². The number of allylic oxidation sites excluding steroid dienone is 1. The molecule has 0 unspecified atom stereocenters. The average molecular weight is 166 g/mol. The van der Waals surface area contributed by atoms with Gasteiger partial charge >= 0.3 is 6.18 Å². The molecule has 0 aromatic carbocycles. The average Bonchev–Trinajstić information content (AvgIpc) is 1.80. The minimum absolute atomic E-state index is 0.708. The van der Waals surface area contributed by atoms with Crippen molar-refractivity contribution >= 4 is 5.71 Å². The van der Waals surface area contributed by atoms with E-state index in [-0.39, 0.29) is 0 Å². The van der Waals surface area contributed by atoms with Crippen LogP contribution in [0.25, 0.3) is 0 Å². The Hall–Kier alpha value is -1.00. The first-order valence-electron chi connectivity index (χ1n) is 2.84. The van der Waals surface area contributed by atoms with Crippen LogP contribution in [0.4, 0.5) is 13.2 Å². The summed E-state index contributed by atoms with van der Waals surface area (Å²) in [5, 5.41) is 6.49. The molecule has 0 rings (SSSR count). The lowest BCUT2D eigenvalue weighted by molar-refractivity contribution is -0.0584. The summed E-state index contributed by atoms with van der Waals surface area (Å²) in [5.74, 6) is 0. The highest BCUT2D eigenvalue weighted by Gasteiger charge is 2.32. The Labute approximate surface area is 62.8 Å². The third-order valence-corrected chi connectivity index (χ3v) is 0.845.